The van der Waals surface area contributed by atoms with E-state index in [1.54, 1.807) is 24.3 Å². The van der Waals surface area contributed by atoms with E-state index < -0.39 is 12.5 Å². The first-order valence-electron chi connectivity index (χ1n) is 7.80. The lowest BCUT2D eigenvalue weighted by Crippen LogP contribution is -2.23. The number of aromatic nitrogens is 4. The van der Waals surface area contributed by atoms with Crippen molar-refractivity contribution in [3.63, 3.8) is 0 Å². The van der Waals surface area contributed by atoms with Crippen LogP contribution in [0.4, 0.5) is 8.78 Å². The van der Waals surface area contributed by atoms with Gasteiger partial charge in [0.2, 0.25) is 5.82 Å². The number of hydrogen-bond acceptors (Lipinski definition) is 6. The molecule has 0 aliphatic rings. The van der Waals surface area contributed by atoms with E-state index in [0.717, 1.165) is 11.1 Å². The number of benzene rings is 2. The number of H-pyrrole nitrogens is 1. The van der Waals surface area contributed by atoms with Crippen LogP contribution in [0.25, 0.3) is 11.4 Å². The van der Waals surface area contributed by atoms with Crippen LogP contribution in [0.5, 0.6) is 11.5 Å². The average molecular weight is 375 g/mol. The molecular formula is C17H15F2N5O3. The highest BCUT2D eigenvalue weighted by Crippen LogP contribution is 2.26. The normalized spacial score (nSPS) is 10.7. The van der Waals surface area contributed by atoms with Crippen molar-refractivity contribution in [1.29, 1.82) is 0 Å². The number of amides is 1. The molecule has 3 rings (SSSR count). The second-order valence-corrected chi connectivity index (χ2v) is 5.36. The molecule has 27 heavy (non-hydrogen) atoms. The Morgan fingerprint density at radius 3 is 2.63 bits per heavy atom. The van der Waals surface area contributed by atoms with Gasteiger partial charge in [0.05, 0.1) is 12.7 Å². The Labute approximate surface area is 152 Å². The van der Waals surface area contributed by atoms with Crippen LogP contribution in [0.3, 0.4) is 0 Å². The lowest BCUT2D eigenvalue weighted by Gasteiger charge is -2.12. The molecule has 2 N–H and O–H groups in total. The lowest BCUT2D eigenvalue weighted by atomic mass is 10.1. The number of halogens is 2. The van der Waals surface area contributed by atoms with Crippen molar-refractivity contribution in [2.75, 3.05) is 7.11 Å². The zero-order valence-corrected chi connectivity index (χ0v) is 14.1. The molecule has 1 amide bonds. The number of nitrogens with one attached hydrogen (secondary N) is 2. The fourth-order valence-electron chi connectivity index (χ4n) is 2.34. The quantitative estimate of drug-likeness (QED) is 0.658. The Hall–Kier alpha value is -3.56. The second-order valence-electron chi connectivity index (χ2n) is 5.36. The maximum Gasteiger partial charge on any atom is 0.387 e. The third-order valence-electron chi connectivity index (χ3n) is 3.66. The van der Waals surface area contributed by atoms with Crippen molar-refractivity contribution >= 4 is 5.91 Å². The second kappa shape index (κ2) is 8.21. The Morgan fingerprint density at radius 2 is 2.00 bits per heavy atom. The molecule has 0 radical (unpaired) electrons. The van der Waals surface area contributed by atoms with Crippen LogP contribution in [0.2, 0.25) is 0 Å². The summed E-state index contributed by atoms with van der Waals surface area (Å²) < 4.78 is 34.6. The topological polar surface area (TPSA) is 102 Å². The molecule has 0 saturated carbocycles. The van der Waals surface area contributed by atoms with Gasteiger partial charge in [-0.05, 0) is 22.9 Å². The minimum Gasteiger partial charge on any atom is -0.497 e. The summed E-state index contributed by atoms with van der Waals surface area (Å²) in [6, 6.07) is 11.2. The summed E-state index contributed by atoms with van der Waals surface area (Å²) >= 11 is 0. The smallest absolute Gasteiger partial charge is 0.387 e. The first-order chi connectivity index (χ1) is 13.1. The molecule has 0 spiro atoms. The van der Waals surface area contributed by atoms with Crippen LogP contribution < -0.4 is 14.8 Å². The van der Waals surface area contributed by atoms with Gasteiger partial charge in [-0.1, -0.05) is 24.3 Å². The predicted molar refractivity (Wildman–Crippen MR) is 90.4 cm³/mol. The third-order valence-corrected chi connectivity index (χ3v) is 3.66. The number of aromatic amines is 1. The van der Waals surface area contributed by atoms with E-state index in [0.29, 0.717) is 11.6 Å². The number of carbonyl (C=O) groups excluding carboxylic acids is 1. The molecule has 0 bridgehead atoms. The number of methoxy groups -OCH3 is 1. The maximum absolute atomic E-state index is 12.6. The number of carbonyl (C=O) groups is 1. The van der Waals surface area contributed by atoms with Gasteiger partial charge in [-0.25, -0.2) is 0 Å². The Kier molecular flexibility index (Phi) is 5.55. The van der Waals surface area contributed by atoms with Crippen molar-refractivity contribution in [1.82, 2.24) is 25.9 Å². The summed E-state index contributed by atoms with van der Waals surface area (Å²) in [6.45, 7) is -2.85. The lowest BCUT2D eigenvalue weighted by molar-refractivity contribution is -0.0502. The van der Waals surface area contributed by atoms with Gasteiger partial charge < -0.3 is 14.8 Å². The molecule has 0 atom stereocenters. The summed E-state index contributed by atoms with van der Waals surface area (Å²) in [4.78, 5) is 12.4. The highest BCUT2D eigenvalue weighted by molar-refractivity contribution is 5.97. The van der Waals surface area contributed by atoms with E-state index in [4.69, 9.17) is 4.74 Å². The summed E-state index contributed by atoms with van der Waals surface area (Å²) in [5.74, 6) is -0.0401. The molecule has 0 aliphatic carbocycles. The van der Waals surface area contributed by atoms with Gasteiger partial charge in [0.15, 0.2) is 0 Å². The van der Waals surface area contributed by atoms with Crippen molar-refractivity contribution < 1.29 is 23.0 Å². The summed E-state index contributed by atoms with van der Waals surface area (Å²) in [5.41, 5.74) is 1.56. The zero-order valence-electron chi connectivity index (χ0n) is 14.1. The van der Waals surface area contributed by atoms with Crippen LogP contribution in [-0.2, 0) is 6.54 Å². The predicted octanol–water partition coefficient (Wildman–Crippen LogP) is 2.41. The number of ether oxygens (including phenoxy) is 2. The fourth-order valence-corrected chi connectivity index (χ4v) is 2.34. The molecule has 0 saturated heterocycles. The molecule has 1 aromatic heterocycles. The number of hydrogen-bond donors (Lipinski definition) is 2. The largest absolute Gasteiger partial charge is 0.497 e. The summed E-state index contributed by atoms with van der Waals surface area (Å²) in [6.07, 6.45) is 0. The Bertz CT molecular complexity index is 901. The number of alkyl halides is 2. The molecule has 140 valence electrons. The van der Waals surface area contributed by atoms with Gasteiger partial charge in [0, 0.05) is 18.2 Å². The monoisotopic (exact) mass is 375 g/mol. The molecule has 8 nitrogen and oxygen atoms in total. The van der Waals surface area contributed by atoms with E-state index in [2.05, 4.69) is 30.7 Å². The van der Waals surface area contributed by atoms with Gasteiger partial charge in [-0.3, -0.25) is 4.79 Å². The summed E-state index contributed by atoms with van der Waals surface area (Å²) in [7, 11) is 1.39. The van der Waals surface area contributed by atoms with Crippen LogP contribution in [0.15, 0.2) is 42.5 Å². The van der Waals surface area contributed by atoms with E-state index >= 15 is 0 Å². The average Bonchev–Trinajstić information content (AvgIpc) is 3.20. The summed E-state index contributed by atoms with van der Waals surface area (Å²) in [5, 5.41) is 16.3. The van der Waals surface area contributed by atoms with Crippen molar-refractivity contribution in [3.05, 3.63) is 53.6 Å². The van der Waals surface area contributed by atoms with Gasteiger partial charge in [-0.2, -0.15) is 14.0 Å². The van der Waals surface area contributed by atoms with Crippen LogP contribution in [0, 0.1) is 0 Å². The first kappa shape index (κ1) is 18.2. The molecule has 0 unspecified atom stereocenters. The first-order valence-corrected chi connectivity index (χ1v) is 7.80. The van der Waals surface area contributed by atoms with Crippen molar-refractivity contribution in [2.45, 2.75) is 13.2 Å². The molecule has 10 heteroatoms. The Balaban J connectivity index is 1.68. The van der Waals surface area contributed by atoms with Gasteiger partial charge in [-0.15, -0.1) is 10.2 Å². The van der Waals surface area contributed by atoms with Crippen molar-refractivity contribution in [2.24, 2.45) is 0 Å². The number of rotatable bonds is 7. The molecule has 1 heterocycles. The van der Waals surface area contributed by atoms with E-state index in [-0.39, 0.29) is 17.9 Å². The zero-order chi connectivity index (χ0) is 19.2. The molecule has 3 aromatic rings. The molecular weight excluding hydrogens is 360 g/mol. The fraction of sp³-hybridized carbons (Fsp3) is 0.176. The van der Waals surface area contributed by atoms with Gasteiger partial charge >= 0.3 is 6.61 Å². The standard InChI is InChI=1S/C17H15F2N5O3/c1-26-12-6-7-13(14(8-12)27-17(18)19)16(25)20-9-10-2-4-11(5-3-10)15-21-23-24-22-15/h2-8,17H,9H2,1H3,(H,20,25)(H,21,22,23,24). The SMILES string of the molecule is COc1ccc(C(=O)NCc2ccc(-c3nn[nH]n3)cc2)c(OC(F)F)c1. The number of tetrazole rings is 1. The molecule has 0 fully saturated rings. The Morgan fingerprint density at radius 1 is 1.22 bits per heavy atom. The minimum atomic E-state index is -3.05. The van der Waals surface area contributed by atoms with E-state index in [1.165, 1.54) is 25.3 Å². The van der Waals surface area contributed by atoms with E-state index in [1.807, 2.05) is 0 Å². The number of nitrogens with zero attached hydrogens (tertiary/aromatic N) is 3. The van der Waals surface area contributed by atoms with E-state index in [9.17, 15) is 13.6 Å². The van der Waals surface area contributed by atoms with Gasteiger partial charge in [0.1, 0.15) is 11.5 Å². The van der Waals surface area contributed by atoms with Gasteiger partial charge in [0.25, 0.3) is 5.91 Å². The maximum atomic E-state index is 12.6. The van der Waals surface area contributed by atoms with Crippen molar-refractivity contribution in [3.8, 4) is 22.9 Å². The third kappa shape index (κ3) is 4.54. The minimum absolute atomic E-state index is 0.0143. The van der Waals surface area contributed by atoms with Crippen LogP contribution >= 0.6 is 0 Å². The highest BCUT2D eigenvalue weighted by atomic mass is 19.3. The molecule has 2 aromatic carbocycles. The van der Waals surface area contributed by atoms with Crippen LogP contribution in [-0.4, -0.2) is 40.3 Å². The van der Waals surface area contributed by atoms with Crippen LogP contribution in [0.1, 0.15) is 15.9 Å². The molecule has 0 aliphatic heterocycles. The highest BCUT2D eigenvalue weighted by Gasteiger charge is 2.17.